The zero-order valence-electron chi connectivity index (χ0n) is 12.2. The molecule has 0 unspecified atom stereocenters. The molecule has 21 heavy (non-hydrogen) atoms. The van der Waals surface area contributed by atoms with Crippen LogP contribution in [0.1, 0.15) is 24.5 Å². The number of aryl methyl sites for hydroxylation is 2. The Balaban J connectivity index is 1.85. The average molecular weight is 302 g/mol. The first-order chi connectivity index (χ1) is 10.3. The number of hydrogen-bond donors (Lipinski definition) is 1. The number of fused-ring (bicyclic) bond motifs is 1. The van der Waals surface area contributed by atoms with Crippen molar-refractivity contribution < 1.29 is 4.74 Å². The summed E-state index contributed by atoms with van der Waals surface area (Å²) in [6.45, 7) is 2.76. The van der Waals surface area contributed by atoms with E-state index in [1.54, 1.807) is 18.9 Å². The fraction of sp³-hybridized carbons (Fsp3) is 0.400. The zero-order valence-corrected chi connectivity index (χ0v) is 13.0. The Labute approximate surface area is 128 Å². The second-order valence-electron chi connectivity index (χ2n) is 4.84. The fourth-order valence-electron chi connectivity index (χ4n) is 2.43. The van der Waals surface area contributed by atoms with Crippen LogP contribution >= 0.6 is 11.8 Å². The van der Waals surface area contributed by atoms with Gasteiger partial charge in [-0.2, -0.15) is 15.0 Å². The van der Waals surface area contributed by atoms with E-state index >= 15 is 0 Å². The van der Waals surface area contributed by atoms with Crippen molar-refractivity contribution in [1.29, 1.82) is 0 Å². The first-order valence-electron chi connectivity index (χ1n) is 7.12. The van der Waals surface area contributed by atoms with Gasteiger partial charge in [-0.05, 0) is 61.2 Å². The Bertz CT molecular complexity index is 648. The van der Waals surface area contributed by atoms with E-state index in [0.717, 1.165) is 11.4 Å². The summed E-state index contributed by atoms with van der Waals surface area (Å²) in [6.07, 6.45) is 3.63. The van der Waals surface area contributed by atoms with Crippen molar-refractivity contribution in [3.63, 3.8) is 0 Å². The number of hydrogen-bond acceptors (Lipinski definition) is 6. The molecule has 1 aliphatic rings. The van der Waals surface area contributed by atoms with Crippen molar-refractivity contribution >= 4 is 17.7 Å². The van der Waals surface area contributed by atoms with Gasteiger partial charge < -0.3 is 10.1 Å². The van der Waals surface area contributed by atoms with Crippen LogP contribution in [0.15, 0.2) is 28.3 Å². The number of benzene rings is 1. The molecule has 0 bridgehead atoms. The minimum atomic E-state index is 0.338. The Morgan fingerprint density at radius 1 is 1.19 bits per heavy atom. The van der Waals surface area contributed by atoms with E-state index in [-0.39, 0.29) is 0 Å². The minimum Gasteiger partial charge on any atom is -0.467 e. The highest BCUT2D eigenvalue weighted by Gasteiger charge is 2.13. The van der Waals surface area contributed by atoms with Gasteiger partial charge in [-0.3, -0.25) is 0 Å². The summed E-state index contributed by atoms with van der Waals surface area (Å²) in [5, 5.41) is 3.74. The van der Waals surface area contributed by atoms with Crippen molar-refractivity contribution in [2.24, 2.45) is 0 Å². The molecule has 2 aromatic rings. The predicted molar refractivity (Wildman–Crippen MR) is 83.1 cm³/mol. The van der Waals surface area contributed by atoms with Crippen molar-refractivity contribution in [2.75, 3.05) is 19.0 Å². The quantitative estimate of drug-likeness (QED) is 0.916. The van der Waals surface area contributed by atoms with Crippen LogP contribution in [-0.2, 0) is 12.8 Å². The molecule has 1 aromatic heterocycles. The summed E-state index contributed by atoms with van der Waals surface area (Å²) < 4.78 is 5.14. The summed E-state index contributed by atoms with van der Waals surface area (Å²) in [7, 11) is 1.56. The van der Waals surface area contributed by atoms with Gasteiger partial charge in [0.2, 0.25) is 11.1 Å². The van der Waals surface area contributed by atoms with Gasteiger partial charge in [0.1, 0.15) is 0 Å². The molecule has 110 valence electrons. The largest absolute Gasteiger partial charge is 0.467 e. The van der Waals surface area contributed by atoms with E-state index in [0.29, 0.717) is 17.1 Å². The molecular formula is C15H18N4OS. The maximum Gasteiger partial charge on any atom is 0.321 e. The number of nitrogens with zero attached hydrogens (tertiary/aromatic N) is 3. The summed E-state index contributed by atoms with van der Waals surface area (Å²) in [4.78, 5) is 14.0. The lowest BCUT2D eigenvalue weighted by atomic mass is 10.1. The van der Waals surface area contributed by atoms with Crippen molar-refractivity contribution in [2.45, 2.75) is 36.2 Å². The molecule has 0 atom stereocenters. The lowest BCUT2D eigenvalue weighted by Gasteiger charge is -2.07. The maximum absolute atomic E-state index is 5.14. The van der Waals surface area contributed by atoms with Gasteiger partial charge in [0.25, 0.3) is 0 Å². The molecular weight excluding hydrogens is 284 g/mol. The van der Waals surface area contributed by atoms with Crippen LogP contribution in [-0.4, -0.2) is 28.6 Å². The van der Waals surface area contributed by atoms with Gasteiger partial charge in [0.15, 0.2) is 0 Å². The van der Waals surface area contributed by atoms with Crippen LogP contribution in [0.4, 0.5) is 5.95 Å². The number of nitrogens with one attached hydrogen (secondary N) is 1. The first-order valence-corrected chi connectivity index (χ1v) is 7.93. The third-order valence-electron chi connectivity index (χ3n) is 3.39. The topological polar surface area (TPSA) is 59.9 Å². The number of aromatic nitrogens is 3. The molecule has 1 aromatic carbocycles. The van der Waals surface area contributed by atoms with Crippen molar-refractivity contribution in [3.05, 3.63) is 29.3 Å². The van der Waals surface area contributed by atoms with E-state index in [4.69, 9.17) is 4.74 Å². The van der Waals surface area contributed by atoms with Crippen LogP contribution in [0.2, 0.25) is 0 Å². The predicted octanol–water partition coefficient (Wildman–Crippen LogP) is 2.95. The molecule has 0 saturated heterocycles. The number of anilines is 1. The highest BCUT2D eigenvalue weighted by atomic mass is 32.2. The van der Waals surface area contributed by atoms with Crippen LogP contribution in [0.5, 0.6) is 6.01 Å². The van der Waals surface area contributed by atoms with Crippen LogP contribution in [0.3, 0.4) is 0 Å². The molecule has 6 heteroatoms. The van der Waals surface area contributed by atoms with Crippen LogP contribution in [0, 0.1) is 0 Å². The second kappa shape index (κ2) is 6.30. The Morgan fingerprint density at radius 3 is 2.86 bits per heavy atom. The van der Waals surface area contributed by atoms with Crippen molar-refractivity contribution in [1.82, 2.24) is 15.0 Å². The van der Waals surface area contributed by atoms with Gasteiger partial charge in [0, 0.05) is 11.4 Å². The second-order valence-corrected chi connectivity index (χ2v) is 5.89. The minimum absolute atomic E-state index is 0.338. The lowest BCUT2D eigenvalue weighted by molar-refractivity contribution is 0.373. The van der Waals surface area contributed by atoms with E-state index < -0.39 is 0 Å². The standard InChI is InChI=1S/C15H18N4OS/c1-3-16-13-17-14(20-2)19-15(18-13)21-12-8-7-10-5-4-6-11(10)9-12/h7-9H,3-6H2,1-2H3,(H,16,17,18,19). The van der Waals surface area contributed by atoms with E-state index in [9.17, 15) is 0 Å². The van der Waals surface area contributed by atoms with Gasteiger partial charge in [-0.1, -0.05) is 6.07 Å². The van der Waals surface area contributed by atoms with Gasteiger partial charge >= 0.3 is 6.01 Å². The maximum atomic E-state index is 5.14. The number of methoxy groups -OCH3 is 1. The molecule has 3 rings (SSSR count). The molecule has 1 aliphatic carbocycles. The third-order valence-corrected chi connectivity index (χ3v) is 4.25. The van der Waals surface area contributed by atoms with Crippen LogP contribution < -0.4 is 10.1 Å². The highest BCUT2D eigenvalue weighted by Crippen LogP contribution is 2.31. The molecule has 0 saturated carbocycles. The summed E-state index contributed by atoms with van der Waals surface area (Å²) in [5.74, 6) is 0.549. The van der Waals surface area contributed by atoms with Gasteiger partial charge in [-0.25, -0.2) is 0 Å². The molecule has 0 radical (unpaired) electrons. The Kier molecular flexibility index (Phi) is 4.24. The molecule has 1 heterocycles. The molecule has 0 aliphatic heterocycles. The SMILES string of the molecule is CCNc1nc(OC)nc(Sc2ccc3c(c2)CCC3)n1. The lowest BCUT2D eigenvalue weighted by Crippen LogP contribution is -2.05. The highest BCUT2D eigenvalue weighted by molar-refractivity contribution is 7.99. The molecule has 0 spiro atoms. The zero-order chi connectivity index (χ0) is 14.7. The smallest absolute Gasteiger partial charge is 0.321 e. The van der Waals surface area contributed by atoms with E-state index in [2.05, 4.69) is 38.5 Å². The normalized spacial score (nSPS) is 13.0. The molecule has 1 N–H and O–H groups in total. The summed E-state index contributed by atoms with van der Waals surface area (Å²) >= 11 is 1.54. The summed E-state index contributed by atoms with van der Waals surface area (Å²) in [6, 6.07) is 6.94. The Morgan fingerprint density at radius 2 is 2.05 bits per heavy atom. The van der Waals surface area contributed by atoms with Crippen LogP contribution in [0.25, 0.3) is 0 Å². The third kappa shape index (κ3) is 3.26. The molecule has 0 amide bonds. The Hall–Kier alpha value is -1.82. The molecule has 0 fully saturated rings. The number of ether oxygens (including phenoxy) is 1. The van der Waals surface area contributed by atoms with Gasteiger partial charge in [-0.15, -0.1) is 0 Å². The molecule has 5 nitrogen and oxygen atoms in total. The van der Waals surface area contributed by atoms with Crippen molar-refractivity contribution in [3.8, 4) is 6.01 Å². The van der Waals surface area contributed by atoms with Gasteiger partial charge in [0.05, 0.1) is 7.11 Å². The average Bonchev–Trinajstić information content (AvgIpc) is 2.95. The first kappa shape index (κ1) is 14.1. The number of rotatable bonds is 5. The fourth-order valence-corrected chi connectivity index (χ4v) is 3.23. The summed E-state index contributed by atoms with van der Waals surface area (Å²) in [5.41, 5.74) is 2.92. The monoisotopic (exact) mass is 302 g/mol. The van der Waals surface area contributed by atoms with E-state index in [1.165, 1.54) is 30.4 Å². The van der Waals surface area contributed by atoms with E-state index in [1.807, 2.05) is 6.92 Å².